The van der Waals surface area contributed by atoms with Gasteiger partial charge in [-0.1, -0.05) is 23.7 Å². The zero-order chi connectivity index (χ0) is 14.4. The molecule has 1 heterocycles. The number of quaternary nitrogens is 2. The summed E-state index contributed by atoms with van der Waals surface area (Å²) in [6.45, 7) is 6.36. The monoisotopic (exact) mass is 300 g/mol. The predicted octanol–water partition coefficient (Wildman–Crippen LogP) is -1.37. The number of hydrogen-bond donors (Lipinski definition) is 3. The molecule has 1 aliphatic heterocycles. The Balaban J connectivity index is 1.62. The Hall–Kier alpha value is -0.650. The molecule has 1 aromatic rings. The minimum atomic E-state index is -0.379. The summed E-state index contributed by atoms with van der Waals surface area (Å²) in [5, 5.41) is 10.7. The zero-order valence-electron chi connectivity index (χ0n) is 12.1. The highest BCUT2D eigenvalue weighted by Crippen LogP contribution is 2.10. The number of ether oxygens (including phenoxy) is 1. The van der Waals surface area contributed by atoms with Crippen molar-refractivity contribution in [2.75, 3.05) is 46.4 Å². The van der Waals surface area contributed by atoms with E-state index < -0.39 is 0 Å². The van der Waals surface area contributed by atoms with Crippen LogP contribution in [-0.2, 0) is 11.3 Å². The van der Waals surface area contributed by atoms with Crippen molar-refractivity contribution in [2.45, 2.75) is 12.7 Å². The number of aliphatic hydroxyl groups excluding tert-OH is 1. The first-order valence-electron chi connectivity index (χ1n) is 7.28. The second kappa shape index (κ2) is 7.96. The largest absolute Gasteiger partial charge is 0.385 e. The normalized spacial score (nSPS) is 24.6. The van der Waals surface area contributed by atoms with E-state index in [9.17, 15) is 5.11 Å². The van der Waals surface area contributed by atoms with Crippen molar-refractivity contribution < 1.29 is 19.6 Å². The molecule has 4 nitrogen and oxygen atoms in total. The molecule has 1 aliphatic rings. The topological polar surface area (TPSA) is 38.3 Å². The van der Waals surface area contributed by atoms with E-state index in [0.717, 1.165) is 30.2 Å². The number of aliphatic hydroxyl groups is 1. The summed E-state index contributed by atoms with van der Waals surface area (Å²) < 4.78 is 5.57. The van der Waals surface area contributed by atoms with Crippen LogP contribution in [0.25, 0.3) is 0 Å². The van der Waals surface area contributed by atoms with Gasteiger partial charge in [0.1, 0.15) is 38.8 Å². The van der Waals surface area contributed by atoms with Crippen LogP contribution in [-0.4, -0.2) is 57.6 Å². The maximum Gasteiger partial charge on any atom is 0.127 e. The van der Waals surface area contributed by atoms with E-state index >= 15 is 0 Å². The van der Waals surface area contributed by atoms with Gasteiger partial charge >= 0.3 is 0 Å². The van der Waals surface area contributed by atoms with Gasteiger partial charge in [0.15, 0.2) is 0 Å². The van der Waals surface area contributed by atoms with E-state index in [2.05, 4.69) is 7.05 Å². The first-order chi connectivity index (χ1) is 9.63. The Morgan fingerprint density at radius 2 is 1.85 bits per heavy atom. The van der Waals surface area contributed by atoms with E-state index in [1.807, 2.05) is 24.3 Å². The standard InChI is InChI=1S/C15H23ClN2O2/c1-17-6-8-18(9-7-17)10-15(19)12-20-11-13-2-4-14(16)5-3-13/h2-5,15,19H,6-12H2,1H3/p+2/t15-/m1/s1. The lowest BCUT2D eigenvalue weighted by molar-refractivity contribution is -1.00. The maximum atomic E-state index is 10.0. The first kappa shape index (κ1) is 15.7. The van der Waals surface area contributed by atoms with Crippen molar-refractivity contribution in [1.82, 2.24) is 0 Å². The summed E-state index contributed by atoms with van der Waals surface area (Å²) in [7, 11) is 2.22. The molecule has 0 aromatic heterocycles. The molecule has 1 saturated heterocycles. The fourth-order valence-corrected chi connectivity index (χ4v) is 2.65. The summed E-state index contributed by atoms with van der Waals surface area (Å²) >= 11 is 5.83. The minimum absolute atomic E-state index is 0.379. The van der Waals surface area contributed by atoms with Gasteiger partial charge in [-0.05, 0) is 17.7 Å². The molecule has 3 N–H and O–H groups in total. The van der Waals surface area contributed by atoms with Gasteiger partial charge in [-0.3, -0.25) is 0 Å². The van der Waals surface area contributed by atoms with Crippen LogP contribution in [0, 0.1) is 0 Å². The van der Waals surface area contributed by atoms with Gasteiger partial charge in [-0.2, -0.15) is 0 Å². The van der Waals surface area contributed by atoms with E-state index in [4.69, 9.17) is 16.3 Å². The Morgan fingerprint density at radius 1 is 1.20 bits per heavy atom. The van der Waals surface area contributed by atoms with Gasteiger partial charge in [-0.15, -0.1) is 0 Å². The molecule has 2 rings (SSSR count). The SMILES string of the molecule is C[NH+]1CC[NH+](C[C@@H](O)COCc2ccc(Cl)cc2)CC1. The lowest BCUT2D eigenvalue weighted by Crippen LogP contribution is -3.27. The highest BCUT2D eigenvalue weighted by molar-refractivity contribution is 6.30. The molecule has 0 unspecified atom stereocenters. The van der Waals surface area contributed by atoms with Gasteiger partial charge < -0.3 is 19.6 Å². The van der Waals surface area contributed by atoms with E-state index in [1.54, 1.807) is 4.90 Å². The molecule has 0 bridgehead atoms. The third kappa shape index (κ3) is 5.38. The Labute approximate surface area is 125 Å². The lowest BCUT2D eigenvalue weighted by Gasteiger charge is -2.28. The number of hydrogen-bond acceptors (Lipinski definition) is 2. The van der Waals surface area contributed by atoms with E-state index in [1.165, 1.54) is 18.0 Å². The van der Waals surface area contributed by atoms with E-state index in [0.29, 0.717) is 13.2 Å². The number of halogens is 1. The Morgan fingerprint density at radius 3 is 2.50 bits per heavy atom. The molecule has 0 saturated carbocycles. The molecular weight excluding hydrogens is 276 g/mol. The zero-order valence-corrected chi connectivity index (χ0v) is 12.8. The molecule has 1 fully saturated rings. The van der Waals surface area contributed by atoms with Gasteiger partial charge in [0.2, 0.25) is 0 Å². The molecule has 0 spiro atoms. The van der Waals surface area contributed by atoms with Crippen molar-refractivity contribution >= 4 is 11.6 Å². The summed E-state index contributed by atoms with van der Waals surface area (Å²) in [6.07, 6.45) is -0.379. The Kier molecular flexibility index (Phi) is 6.26. The predicted molar refractivity (Wildman–Crippen MR) is 79.3 cm³/mol. The van der Waals surface area contributed by atoms with Crippen LogP contribution in [0.5, 0.6) is 0 Å². The van der Waals surface area contributed by atoms with Crippen LogP contribution >= 0.6 is 11.6 Å². The third-order valence-electron chi connectivity index (χ3n) is 3.83. The van der Waals surface area contributed by atoms with Gasteiger partial charge in [-0.25, -0.2) is 0 Å². The van der Waals surface area contributed by atoms with Crippen molar-refractivity contribution in [3.8, 4) is 0 Å². The number of benzene rings is 1. The minimum Gasteiger partial charge on any atom is -0.385 e. The van der Waals surface area contributed by atoms with Crippen LogP contribution in [0.3, 0.4) is 0 Å². The van der Waals surface area contributed by atoms with Crippen LogP contribution in [0.1, 0.15) is 5.56 Å². The molecule has 0 radical (unpaired) electrons. The molecule has 20 heavy (non-hydrogen) atoms. The molecule has 112 valence electrons. The average molecular weight is 301 g/mol. The number of piperazine rings is 1. The quantitative estimate of drug-likeness (QED) is 0.607. The number of nitrogens with one attached hydrogen (secondary N) is 2. The Bertz CT molecular complexity index is 391. The highest BCUT2D eigenvalue weighted by Gasteiger charge is 2.22. The maximum absolute atomic E-state index is 10.0. The van der Waals surface area contributed by atoms with Crippen LogP contribution in [0.15, 0.2) is 24.3 Å². The third-order valence-corrected chi connectivity index (χ3v) is 4.08. The van der Waals surface area contributed by atoms with Crippen molar-refractivity contribution in [2.24, 2.45) is 0 Å². The lowest BCUT2D eigenvalue weighted by atomic mass is 10.2. The molecule has 0 aliphatic carbocycles. The molecule has 0 amide bonds. The number of rotatable bonds is 6. The van der Waals surface area contributed by atoms with Gasteiger partial charge in [0.05, 0.1) is 20.3 Å². The van der Waals surface area contributed by atoms with Crippen molar-refractivity contribution in [1.29, 1.82) is 0 Å². The van der Waals surface area contributed by atoms with Gasteiger partial charge in [0.25, 0.3) is 0 Å². The fourth-order valence-electron chi connectivity index (χ4n) is 2.52. The molecule has 5 heteroatoms. The van der Waals surface area contributed by atoms with Crippen LogP contribution < -0.4 is 9.80 Å². The average Bonchev–Trinajstić information content (AvgIpc) is 2.44. The summed E-state index contributed by atoms with van der Waals surface area (Å²) in [5.41, 5.74) is 1.08. The molecule has 1 atom stereocenters. The van der Waals surface area contributed by atoms with Crippen LogP contribution in [0.4, 0.5) is 0 Å². The second-order valence-electron chi connectivity index (χ2n) is 5.71. The van der Waals surface area contributed by atoms with Gasteiger partial charge in [0, 0.05) is 5.02 Å². The van der Waals surface area contributed by atoms with Crippen molar-refractivity contribution in [3.05, 3.63) is 34.9 Å². The second-order valence-corrected chi connectivity index (χ2v) is 6.14. The highest BCUT2D eigenvalue weighted by atomic mass is 35.5. The van der Waals surface area contributed by atoms with Crippen LogP contribution in [0.2, 0.25) is 5.02 Å². The molecule has 1 aromatic carbocycles. The summed E-state index contributed by atoms with van der Waals surface area (Å²) in [5.74, 6) is 0. The summed E-state index contributed by atoms with van der Waals surface area (Å²) in [4.78, 5) is 3.07. The number of likely N-dealkylation sites (N-methyl/N-ethyl adjacent to an activating group) is 1. The first-order valence-corrected chi connectivity index (χ1v) is 7.66. The molecular formula is C15H25ClN2O2+2. The van der Waals surface area contributed by atoms with E-state index in [-0.39, 0.29) is 6.10 Å². The fraction of sp³-hybridized carbons (Fsp3) is 0.600. The smallest absolute Gasteiger partial charge is 0.127 e. The summed E-state index contributed by atoms with van der Waals surface area (Å²) in [6, 6.07) is 7.60. The van der Waals surface area contributed by atoms with Crippen molar-refractivity contribution in [3.63, 3.8) is 0 Å².